The number of H-pyrrole nitrogens is 1. The van der Waals surface area contributed by atoms with Gasteiger partial charge in [0.05, 0.1) is 6.20 Å². The van der Waals surface area contributed by atoms with Gasteiger partial charge in [-0.25, -0.2) is 13.1 Å². The van der Waals surface area contributed by atoms with E-state index in [2.05, 4.69) is 27.2 Å². The van der Waals surface area contributed by atoms with E-state index in [0.717, 1.165) is 25.8 Å². The first kappa shape index (κ1) is 12.5. The second kappa shape index (κ2) is 5.16. The van der Waals surface area contributed by atoms with Crippen molar-refractivity contribution in [1.82, 2.24) is 20.2 Å². The third kappa shape index (κ3) is 3.27. The summed E-state index contributed by atoms with van der Waals surface area (Å²) in [6, 6.07) is 0.111. The standard InChI is InChI=1S/C10H18N4O2S/c1-2-5-11-6-8-7-12-13-10(8)17(15,16)14-9-3-4-9/h7,9,11,14H,2-6H2,1H3,(H,12,13). The molecule has 1 saturated carbocycles. The van der Waals surface area contributed by atoms with Crippen LogP contribution in [0.15, 0.2) is 11.2 Å². The van der Waals surface area contributed by atoms with Crippen molar-refractivity contribution < 1.29 is 8.42 Å². The lowest BCUT2D eigenvalue weighted by atomic mass is 10.3. The van der Waals surface area contributed by atoms with E-state index in [9.17, 15) is 8.42 Å². The van der Waals surface area contributed by atoms with E-state index in [-0.39, 0.29) is 11.1 Å². The Kier molecular flexibility index (Phi) is 3.80. The third-order valence-corrected chi connectivity index (χ3v) is 4.12. The summed E-state index contributed by atoms with van der Waals surface area (Å²) < 4.78 is 26.6. The summed E-state index contributed by atoms with van der Waals surface area (Å²) in [5.41, 5.74) is 0.687. The van der Waals surface area contributed by atoms with Gasteiger partial charge in [0.15, 0.2) is 5.03 Å². The molecule has 1 aliphatic carbocycles. The molecular weight excluding hydrogens is 240 g/mol. The van der Waals surface area contributed by atoms with E-state index in [1.54, 1.807) is 6.20 Å². The molecule has 0 aromatic carbocycles. The molecule has 2 rings (SSSR count). The van der Waals surface area contributed by atoms with Crippen LogP contribution in [0.4, 0.5) is 0 Å². The minimum absolute atomic E-state index is 0.111. The fourth-order valence-corrected chi connectivity index (χ4v) is 2.97. The highest BCUT2D eigenvalue weighted by molar-refractivity contribution is 7.89. The molecule has 0 unspecified atom stereocenters. The van der Waals surface area contributed by atoms with E-state index >= 15 is 0 Å². The van der Waals surface area contributed by atoms with Crippen molar-refractivity contribution in [3.8, 4) is 0 Å². The topological polar surface area (TPSA) is 86.9 Å². The summed E-state index contributed by atoms with van der Waals surface area (Å²) in [5.74, 6) is 0. The predicted molar refractivity (Wildman–Crippen MR) is 63.9 cm³/mol. The van der Waals surface area contributed by atoms with Crippen LogP contribution in [0.3, 0.4) is 0 Å². The van der Waals surface area contributed by atoms with Gasteiger partial charge in [-0.05, 0) is 25.8 Å². The third-order valence-electron chi connectivity index (χ3n) is 2.59. The average Bonchev–Trinajstić information content (AvgIpc) is 2.94. The molecule has 1 aromatic rings. The van der Waals surface area contributed by atoms with Crippen molar-refractivity contribution in [2.24, 2.45) is 0 Å². The summed E-state index contributed by atoms with van der Waals surface area (Å²) in [4.78, 5) is 0. The zero-order chi connectivity index (χ0) is 12.3. The van der Waals surface area contributed by atoms with Crippen LogP contribution in [-0.2, 0) is 16.6 Å². The van der Waals surface area contributed by atoms with Gasteiger partial charge >= 0.3 is 0 Å². The monoisotopic (exact) mass is 258 g/mol. The summed E-state index contributed by atoms with van der Waals surface area (Å²) >= 11 is 0. The molecule has 1 fully saturated rings. The van der Waals surface area contributed by atoms with Crippen LogP contribution in [0.25, 0.3) is 0 Å². The number of hydrogen-bond donors (Lipinski definition) is 3. The molecule has 0 bridgehead atoms. The highest BCUT2D eigenvalue weighted by Gasteiger charge is 2.30. The highest BCUT2D eigenvalue weighted by atomic mass is 32.2. The first-order valence-corrected chi connectivity index (χ1v) is 7.37. The lowest BCUT2D eigenvalue weighted by Gasteiger charge is -2.06. The fourth-order valence-electron chi connectivity index (χ4n) is 1.54. The molecule has 0 aliphatic heterocycles. The Morgan fingerprint density at radius 1 is 1.53 bits per heavy atom. The molecule has 0 amide bonds. The van der Waals surface area contributed by atoms with Crippen molar-refractivity contribution in [1.29, 1.82) is 0 Å². The van der Waals surface area contributed by atoms with Crippen LogP contribution >= 0.6 is 0 Å². The second-order valence-electron chi connectivity index (χ2n) is 4.30. The van der Waals surface area contributed by atoms with Crippen molar-refractivity contribution in [2.45, 2.75) is 43.8 Å². The fraction of sp³-hybridized carbons (Fsp3) is 0.700. The van der Waals surface area contributed by atoms with Gasteiger partial charge < -0.3 is 5.32 Å². The molecule has 0 saturated heterocycles. The summed E-state index contributed by atoms with van der Waals surface area (Å²) in [5, 5.41) is 9.73. The Morgan fingerprint density at radius 2 is 2.29 bits per heavy atom. The summed E-state index contributed by atoms with van der Waals surface area (Å²) in [6.45, 7) is 3.45. The first-order valence-electron chi connectivity index (χ1n) is 5.89. The largest absolute Gasteiger partial charge is 0.313 e. The smallest absolute Gasteiger partial charge is 0.258 e. The molecule has 0 spiro atoms. The summed E-state index contributed by atoms with van der Waals surface area (Å²) in [6.07, 6.45) is 4.43. The summed E-state index contributed by atoms with van der Waals surface area (Å²) in [7, 11) is -3.43. The Bertz CT molecular complexity index is 464. The van der Waals surface area contributed by atoms with Gasteiger partial charge in [-0.2, -0.15) is 5.10 Å². The van der Waals surface area contributed by atoms with Gasteiger partial charge in [-0.3, -0.25) is 5.10 Å². The van der Waals surface area contributed by atoms with E-state index < -0.39 is 10.0 Å². The van der Waals surface area contributed by atoms with Crippen LogP contribution in [0.2, 0.25) is 0 Å². The maximum Gasteiger partial charge on any atom is 0.258 e. The van der Waals surface area contributed by atoms with Crippen LogP contribution in [0.5, 0.6) is 0 Å². The minimum atomic E-state index is -3.43. The van der Waals surface area contributed by atoms with Crippen LogP contribution in [0.1, 0.15) is 31.7 Å². The van der Waals surface area contributed by atoms with Crippen molar-refractivity contribution in [3.63, 3.8) is 0 Å². The molecule has 1 aliphatic rings. The molecule has 0 radical (unpaired) electrons. The van der Waals surface area contributed by atoms with Crippen molar-refractivity contribution >= 4 is 10.0 Å². The number of sulfonamides is 1. The Morgan fingerprint density at radius 3 is 2.94 bits per heavy atom. The quantitative estimate of drug-likeness (QED) is 0.616. The molecule has 17 heavy (non-hydrogen) atoms. The molecule has 6 nitrogen and oxygen atoms in total. The lowest BCUT2D eigenvalue weighted by molar-refractivity contribution is 0.573. The zero-order valence-electron chi connectivity index (χ0n) is 9.86. The van der Waals surface area contributed by atoms with E-state index in [1.165, 1.54) is 0 Å². The normalized spacial score (nSPS) is 16.3. The number of hydrogen-bond acceptors (Lipinski definition) is 4. The van der Waals surface area contributed by atoms with Gasteiger partial charge in [0.25, 0.3) is 10.0 Å². The van der Waals surface area contributed by atoms with Gasteiger partial charge in [0.2, 0.25) is 0 Å². The Labute approximate surface area is 101 Å². The minimum Gasteiger partial charge on any atom is -0.313 e. The Hall–Kier alpha value is -0.920. The van der Waals surface area contributed by atoms with E-state index in [4.69, 9.17) is 0 Å². The number of aromatic amines is 1. The highest BCUT2D eigenvalue weighted by Crippen LogP contribution is 2.22. The Balaban J connectivity index is 2.06. The van der Waals surface area contributed by atoms with Crippen LogP contribution in [0, 0.1) is 0 Å². The first-order chi connectivity index (χ1) is 8.13. The molecular formula is C10H18N4O2S. The van der Waals surface area contributed by atoms with E-state index in [0.29, 0.717) is 12.1 Å². The maximum absolute atomic E-state index is 12.0. The number of nitrogens with one attached hydrogen (secondary N) is 3. The second-order valence-corrected chi connectivity index (χ2v) is 5.95. The lowest BCUT2D eigenvalue weighted by Crippen LogP contribution is -2.27. The molecule has 1 heterocycles. The van der Waals surface area contributed by atoms with Crippen LogP contribution < -0.4 is 10.0 Å². The molecule has 3 N–H and O–H groups in total. The van der Waals surface area contributed by atoms with Gasteiger partial charge in [0.1, 0.15) is 0 Å². The number of nitrogens with zero attached hydrogens (tertiary/aromatic N) is 1. The zero-order valence-corrected chi connectivity index (χ0v) is 10.7. The predicted octanol–water partition coefficient (Wildman–Crippen LogP) is 0.350. The van der Waals surface area contributed by atoms with Gasteiger partial charge in [0, 0.05) is 18.2 Å². The molecule has 96 valence electrons. The maximum atomic E-state index is 12.0. The van der Waals surface area contributed by atoms with Crippen molar-refractivity contribution in [2.75, 3.05) is 6.54 Å². The number of aromatic nitrogens is 2. The SMILES string of the molecule is CCCNCc1cn[nH]c1S(=O)(=O)NC1CC1. The van der Waals surface area contributed by atoms with E-state index in [1.807, 2.05) is 0 Å². The van der Waals surface area contributed by atoms with Crippen LogP contribution in [-0.4, -0.2) is 31.2 Å². The average molecular weight is 258 g/mol. The molecule has 1 aromatic heterocycles. The molecule has 7 heteroatoms. The van der Waals surface area contributed by atoms with Gasteiger partial charge in [-0.1, -0.05) is 6.92 Å². The molecule has 0 atom stereocenters. The van der Waals surface area contributed by atoms with Gasteiger partial charge in [-0.15, -0.1) is 0 Å². The van der Waals surface area contributed by atoms with Crippen molar-refractivity contribution in [3.05, 3.63) is 11.8 Å². The number of rotatable bonds is 7.